The molecule has 0 radical (unpaired) electrons. The normalized spacial score (nSPS) is 21.8. The Morgan fingerprint density at radius 1 is 1.00 bits per heavy atom. The molecule has 1 fully saturated rings. The highest BCUT2D eigenvalue weighted by atomic mass is 19.2. The van der Waals surface area contributed by atoms with Crippen molar-refractivity contribution in [3.05, 3.63) is 29.3 Å². The van der Waals surface area contributed by atoms with Crippen molar-refractivity contribution in [1.29, 1.82) is 0 Å². The molecule has 1 saturated carbocycles. The molecule has 0 aliphatic heterocycles. The first kappa shape index (κ1) is 17.2. The fourth-order valence-corrected chi connectivity index (χ4v) is 3.44. The Labute approximate surface area is 133 Å². The fraction of sp³-hybridized carbons (Fsp3) is 0.684. The third kappa shape index (κ3) is 4.21. The van der Waals surface area contributed by atoms with Gasteiger partial charge in [-0.2, -0.15) is 4.39 Å². The summed E-state index contributed by atoms with van der Waals surface area (Å²) in [6, 6.07) is 3.31. The lowest BCUT2D eigenvalue weighted by molar-refractivity contribution is 0.286. The average molecular weight is 310 g/mol. The van der Waals surface area contributed by atoms with Gasteiger partial charge in [0.15, 0.2) is 11.6 Å². The van der Waals surface area contributed by atoms with Crippen molar-refractivity contribution in [1.82, 2.24) is 0 Å². The van der Waals surface area contributed by atoms with E-state index in [-0.39, 0.29) is 11.7 Å². The van der Waals surface area contributed by atoms with Gasteiger partial charge in [0.25, 0.3) is 0 Å². The Morgan fingerprint density at radius 2 is 1.73 bits per heavy atom. The zero-order chi connectivity index (χ0) is 15.9. The summed E-state index contributed by atoms with van der Waals surface area (Å²) < 4.78 is 33.7. The molecule has 0 atom stereocenters. The minimum atomic E-state index is -0.820. The monoisotopic (exact) mass is 310 g/mol. The quantitative estimate of drug-likeness (QED) is 0.581. The van der Waals surface area contributed by atoms with E-state index < -0.39 is 11.6 Å². The molecule has 0 spiro atoms. The number of benzene rings is 1. The van der Waals surface area contributed by atoms with Crippen molar-refractivity contribution in [2.24, 2.45) is 5.92 Å². The SMILES string of the molecule is CCCCC1CCC(c2ccc(OCCC)c(F)c2F)CC1. The zero-order valence-electron chi connectivity index (χ0n) is 13.8. The number of unbranched alkanes of at least 4 members (excludes halogenated alkanes) is 1. The predicted molar refractivity (Wildman–Crippen MR) is 86.4 cm³/mol. The second-order valence-electron chi connectivity index (χ2n) is 6.49. The summed E-state index contributed by atoms with van der Waals surface area (Å²) in [7, 11) is 0. The van der Waals surface area contributed by atoms with Gasteiger partial charge in [0.2, 0.25) is 5.82 Å². The Kier molecular flexibility index (Phi) is 6.66. The molecule has 0 heterocycles. The fourth-order valence-electron chi connectivity index (χ4n) is 3.44. The van der Waals surface area contributed by atoms with Crippen molar-refractivity contribution >= 4 is 0 Å². The van der Waals surface area contributed by atoms with Crippen LogP contribution in [0.5, 0.6) is 5.75 Å². The van der Waals surface area contributed by atoms with Gasteiger partial charge < -0.3 is 4.74 Å². The topological polar surface area (TPSA) is 9.23 Å². The molecule has 0 N–H and O–H groups in total. The maximum absolute atomic E-state index is 14.3. The van der Waals surface area contributed by atoms with E-state index in [4.69, 9.17) is 4.74 Å². The maximum Gasteiger partial charge on any atom is 0.200 e. The summed E-state index contributed by atoms with van der Waals surface area (Å²) in [5, 5.41) is 0. The summed E-state index contributed by atoms with van der Waals surface area (Å²) in [4.78, 5) is 0. The number of ether oxygens (including phenoxy) is 1. The lowest BCUT2D eigenvalue weighted by atomic mass is 9.77. The molecule has 1 aromatic carbocycles. The minimum absolute atomic E-state index is 0.0414. The van der Waals surface area contributed by atoms with Crippen LogP contribution in [-0.2, 0) is 0 Å². The van der Waals surface area contributed by atoms with Crippen LogP contribution in [0.4, 0.5) is 8.78 Å². The van der Waals surface area contributed by atoms with Gasteiger partial charge in [-0.15, -0.1) is 0 Å². The molecule has 1 aliphatic carbocycles. The largest absolute Gasteiger partial charge is 0.490 e. The van der Waals surface area contributed by atoms with Crippen LogP contribution in [0.15, 0.2) is 12.1 Å². The third-order valence-corrected chi connectivity index (χ3v) is 4.79. The molecule has 2 rings (SSSR count). The van der Waals surface area contributed by atoms with E-state index >= 15 is 0 Å². The number of hydrogen-bond acceptors (Lipinski definition) is 1. The Morgan fingerprint density at radius 3 is 2.36 bits per heavy atom. The van der Waals surface area contributed by atoms with E-state index in [1.165, 1.54) is 19.3 Å². The van der Waals surface area contributed by atoms with E-state index in [0.717, 1.165) is 38.0 Å². The molecule has 0 amide bonds. The molecule has 22 heavy (non-hydrogen) atoms. The summed E-state index contributed by atoms with van der Waals surface area (Å²) in [6.45, 7) is 4.57. The van der Waals surface area contributed by atoms with E-state index in [1.54, 1.807) is 12.1 Å². The van der Waals surface area contributed by atoms with Gasteiger partial charge in [0.1, 0.15) is 0 Å². The molecule has 1 aromatic rings. The van der Waals surface area contributed by atoms with Crippen LogP contribution in [-0.4, -0.2) is 6.61 Å². The molecule has 0 saturated heterocycles. The van der Waals surface area contributed by atoms with Gasteiger partial charge in [-0.05, 0) is 55.6 Å². The Hall–Kier alpha value is -1.12. The minimum Gasteiger partial charge on any atom is -0.490 e. The van der Waals surface area contributed by atoms with Crippen LogP contribution < -0.4 is 4.74 Å². The second kappa shape index (κ2) is 8.50. The van der Waals surface area contributed by atoms with Crippen LogP contribution >= 0.6 is 0 Å². The highest BCUT2D eigenvalue weighted by Crippen LogP contribution is 2.39. The summed E-state index contributed by atoms with van der Waals surface area (Å²) in [5.41, 5.74) is 0.537. The van der Waals surface area contributed by atoms with Crippen LogP contribution in [0.25, 0.3) is 0 Å². The highest BCUT2D eigenvalue weighted by Gasteiger charge is 2.26. The maximum atomic E-state index is 14.3. The molecule has 1 aliphatic rings. The first-order chi connectivity index (χ1) is 10.7. The van der Waals surface area contributed by atoms with E-state index in [2.05, 4.69) is 6.92 Å². The molecule has 0 unspecified atom stereocenters. The Bertz CT molecular complexity index is 465. The molecular weight excluding hydrogens is 282 g/mol. The summed E-state index contributed by atoms with van der Waals surface area (Å²) >= 11 is 0. The molecular formula is C19H28F2O. The molecule has 124 valence electrons. The van der Waals surface area contributed by atoms with Gasteiger partial charge in [0.05, 0.1) is 6.61 Å². The van der Waals surface area contributed by atoms with Crippen LogP contribution in [0.3, 0.4) is 0 Å². The van der Waals surface area contributed by atoms with Gasteiger partial charge in [0, 0.05) is 0 Å². The Balaban J connectivity index is 2.00. The van der Waals surface area contributed by atoms with E-state index in [1.807, 2.05) is 6.92 Å². The van der Waals surface area contributed by atoms with E-state index in [0.29, 0.717) is 12.2 Å². The van der Waals surface area contributed by atoms with Gasteiger partial charge in [-0.3, -0.25) is 0 Å². The van der Waals surface area contributed by atoms with Crippen LogP contribution in [0.1, 0.15) is 76.7 Å². The average Bonchev–Trinajstić information content (AvgIpc) is 2.55. The van der Waals surface area contributed by atoms with Crippen LogP contribution in [0.2, 0.25) is 0 Å². The van der Waals surface area contributed by atoms with Crippen molar-refractivity contribution in [2.45, 2.75) is 71.1 Å². The van der Waals surface area contributed by atoms with Crippen molar-refractivity contribution < 1.29 is 13.5 Å². The smallest absolute Gasteiger partial charge is 0.200 e. The lowest BCUT2D eigenvalue weighted by Gasteiger charge is -2.29. The zero-order valence-corrected chi connectivity index (χ0v) is 13.8. The van der Waals surface area contributed by atoms with Crippen molar-refractivity contribution in [3.63, 3.8) is 0 Å². The van der Waals surface area contributed by atoms with Crippen LogP contribution in [0, 0.1) is 17.6 Å². The molecule has 0 aromatic heterocycles. The van der Waals surface area contributed by atoms with Gasteiger partial charge in [-0.1, -0.05) is 39.2 Å². The second-order valence-corrected chi connectivity index (χ2v) is 6.49. The third-order valence-electron chi connectivity index (χ3n) is 4.79. The molecule has 0 bridgehead atoms. The summed E-state index contributed by atoms with van der Waals surface area (Å²) in [5.74, 6) is -0.548. The number of rotatable bonds is 7. The molecule has 1 nitrogen and oxygen atoms in total. The summed E-state index contributed by atoms with van der Waals surface area (Å²) in [6.07, 6.45) is 8.80. The van der Waals surface area contributed by atoms with Crippen molar-refractivity contribution in [3.8, 4) is 5.75 Å². The first-order valence-electron chi connectivity index (χ1n) is 8.78. The van der Waals surface area contributed by atoms with Gasteiger partial charge >= 0.3 is 0 Å². The lowest BCUT2D eigenvalue weighted by Crippen LogP contribution is -2.15. The predicted octanol–water partition coefficient (Wildman–Crippen LogP) is 6.22. The van der Waals surface area contributed by atoms with Crippen molar-refractivity contribution in [2.75, 3.05) is 6.61 Å². The number of halogens is 2. The standard InChI is InChI=1S/C19H28F2O/c1-3-5-6-14-7-9-15(10-8-14)16-11-12-17(22-13-4-2)19(21)18(16)20/h11-12,14-15H,3-10,13H2,1-2H3. The van der Waals surface area contributed by atoms with E-state index in [9.17, 15) is 8.78 Å². The highest BCUT2D eigenvalue weighted by molar-refractivity contribution is 5.33. The first-order valence-corrected chi connectivity index (χ1v) is 8.78. The van der Waals surface area contributed by atoms with Gasteiger partial charge in [-0.25, -0.2) is 4.39 Å². The molecule has 3 heteroatoms. The number of hydrogen-bond donors (Lipinski definition) is 0.